The van der Waals surface area contributed by atoms with E-state index in [9.17, 15) is 0 Å². The van der Waals surface area contributed by atoms with Crippen molar-refractivity contribution < 1.29 is 0 Å². The molecule has 0 N–H and O–H groups in total. The minimum absolute atomic E-state index is 0.670. The Hall–Kier alpha value is -1.05. The first-order chi connectivity index (χ1) is 8.22. The average Bonchev–Trinajstić information content (AvgIpc) is 2.39. The fourth-order valence-electron chi connectivity index (χ4n) is 2.88. The van der Waals surface area contributed by atoms with Gasteiger partial charge in [-0.3, -0.25) is 0 Å². The van der Waals surface area contributed by atoms with Crippen LogP contribution in [0.5, 0.6) is 0 Å². The van der Waals surface area contributed by atoms with E-state index in [-0.39, 0.29) is 0 Å². The summed E-state index contributed by atoms with van der Waals surface area (Å²) in [4.78, 5) is 6.96. The van der Waals surface area contributed by atoms with Gasteiger partial charge in [-0.25, -0.2) is 4.98 Å². The molecule has 0 spiro atoms. The summed E-state index contributed by atoms with van der Waals surface area (Å²) in [5.74, 6) is 1.92. The second-order valence-corrected chi connectivity index (χ2v) is 5.32. The smallest absolute Gasteiger partial charge is 0.128 e. The zero-order valence-corrected chi connectivity index (χ0v) is 11.3. The number of pyridine rings is 1. The van der Waals surface area contributed by atoms with E-state index < -0.39 is 0 Å². The molecule has 2 atom stereocenters. The summed E-state index contributed by atoms with van der Waals surface area (Å²) in [6, 6.07) is 5.04. The molecule has 2 rings (SSSR count). The largest absolute Gasteiger partial charge is 0.356 e. The Bertz CT molecular complexity index is 344. The molecule has 1 fully saturated rings. The molecule has 2 nitrogen and oxygen atoms in total. The van der Waals surface area contributed by atoms with Gasteiger partial charge in [0.2, 0.25) is 0 Å². The summed E-state index contributed by atoms with van der Waals surface area (Å²) in [6.45, 7) is 4.55. The second kappa shape index (κ2) is 5.52. The topological polar surface area (TPSA) is 16.1 Å². The van der Waals surface area contributed by atoms with Gasteiger partial charge in [0.1, 0.15) is 5.82 Å². The maximum atomic E-state index is 4.59. The number of aryl methyl sites for hydroxylation is 1. The van der Waals surface area contributed by atoms with Gasteiger partial charge in [-0.1, -0.05) is 32.8 Å². The molecule has 17 heavy (non-hydrogen) atoms. The van der Waals surface area contributed by atoms with Crippen LogP contribution in [0.25, 0.3) is 0 Å². The summed E-state index contributed by atoms with van der Waals surface area (Å²) in [5, 5.41) is 0. The lowest BCUT2D eigenvalue weighted by molar-refractivity contribution is 0.320. The summed E-state index contributed by atoms with van der Waals surface area (Å²) >= 11 is 0. The molecule has 0 amide bonds. The normalized spacial score (nSPS) is 24.6. The number of aromatic nitrogens is 1. The van der Waals surface area contributed by atoms with Gasteiger partial charge in [0.25, 0.3) is 0 Å². The Kier molecular flexibility index (Phi) is 4.03. The first kappa shape index (κ1) is 12.4. The average molecular weight is 232 g/mol. The van der Waals surface area contributed by atoms with Gasteiger partial charge in [0.15, 0.2) is 0 Å². The van der Waals surface area contributed by atoms with E-state index in [1.54, 1.807) is 0 Å². The third-order valence-electron chi connectivity index (χ3n) is 4.14. The van der Waals surface area contributed by atoms with Crippen molar-refractivity contribution in [1.82, 2.24) is 4.98 Å². The summed E-state index contributed by atoms with van der Waals surface area (Å²) < 4.78 is 0. The van der Waals surface area contributed by atoms with Crippen LogP contribution in [0.15, 0.2) is 18.3 Å². The molecule has 0 bridgehead atoms. The zero-order chi connectivity index (χ0) is 12.3. The highest BCUT2D eigenvalue weighted by molar-refractivity contribution is 5.39. The molecule has 1 saturated carbocycles. The highest BCUT2D eigenvalue weighted by Crippen LogP contribution is 2.29. The van der Waals surface area contributed by atoms with Gasteiger partial charge in [-0.15, -0.1) is 0 Å². The van der Waals surface area contributed by atoms with Crippen LogP contribution in [-0.4, -0.2) is 18.1 Å². The van der Waals surface area contributed by atoms with Crippen LogP contribution in [0, 0.1) is 5.92 Å². The van der Waals surface area contributed by atoms with Gasteiger partial charge < -0.3 is 4.90 Å². The van der Waals surface area contributed by atoms with E-state index in [4.69, 9.17) is 0 Å². The van der Waals surface area contributed by atoms with E-state index in [2.05, 4.69) is 42.9 Å². The highest BCUT2D eigenvalue weighted by Gasteiger charge is 2.25. The number of hydrogen-bond donors (Lipinski definition) is 0. The molecule has 94 valence electrons. The van der Waals surface area contributed by atoms with Crippen LogP contribution >= 0.6 is 0 Å². The van der Waals surface area contributed by atoms with E-state index in [0.29, 0.717) is 6.04 Å². The van der Waals surface area contributed by atoms with Gasteiger partial charge in [-0.05, 0) is 36.8 Å². The molecular weight excluding hydrogens is 208 g/mol. The first-order valence-electron chi connectivity index (χ1n) is 6.90. The third kappa shape index (κ3) is 2.80. The fraction of sp³-hybridized carbons (Fsp3) is 0.667. The van der Waals surface area contributed by atoms with Crippen LogP contribution in [0.3, 0.4) is 0 Å². The minimum Gasteiger partial charge on any atom is -0.356 e. The molecule has 0 radical (unpaired) electrons. The summed E-state index contributed by atoms with van der Waals surface area (Å²) in [7, 11) is 2.19. The van der Waals surface area contributed by atoms with Crippen molar-refractivity contribution in [2.45, 2.75) is 52.0 Å². The molecule has 0 aromatic carbocycles. The Morgan fingerprint density at radius 1 is 1.29 bits per heavy atom. The zero-order valence-electron chi connectivity index (χ0n) is 11.3. The number of anilines is 1. The van der Waals surface area contributed by atoms with E-state index in [1.165, 1.54) is 31.2 Å². The second-order valence-electron chi connectivity index (χ2n) is 5.32. The lowest BCUT2D eigenvalue weighted by Gasteiger charge is -2.37. The molecule has 0 saturated heterocycles. The monoisotopic (exact) mass is 232 g/mol. The van der Waals surface area contributed by atoms with Crippen LogP contribution in [-0.2, 0) is 6.42 Å². The third-order valence-corrected chi connectivity index (χ3v) is 4.14. The Morgan fingerprint density at radius 3 is 2.65 bits per heavy atom. The van der Waals surface area contributed by atoms with Gasteiger partial charge in [0.05, 0.1) is 0 Å². The maximum Gasteiger partial charge on any atom is 0.128 e. The van der Waals surface area contributed by atoms with Crippen molar-refractivity contribution in [2.24, 2.45) is 5.92 Å². The number of nitrogens with zero attached hydrogens (tertiary/aromatic N) is 2. The van der Waals surface area contributed by atoms with Crippen molar-refractivity contribution in [3.63, 3.8) is 0 Å². The van der Waals surface area contributed by atoms with E-state index in [1.807, 2.05) is 6.20 Å². The van der Waals surface area contributed by atoms with Crippen LogP contribution in [0.4, 0.5) is 5.82 Å². The molecular formula is C15H24N2. The van der Waals surface area contributed by atoms with Gasteiger partial charge in [0, 0.05) is 19.3 Å². The number of hydrogen-bond acceptors (Lipinski definition) is 2. The van der Waals surface area contributed by atoms with Crippen molar-refractivity contribution in [1.29, 1.82) is 0 Å². The fourth-order valence-corrected chi connectivity index (χ4v) is 2.88. The molecule has 1 aromatic rings. The van der Waals surface area contributed by atoms with Crippen LogP contribution in [0.2, 0.25) is 0 Å². The van der Waals surface area contributed by atoms with Crippen LogP contribution in [0.1, 0.15) is 45.1 Å². The first-order valence-corrected chi connectivity index (χ1v) is 6.90. The lowest BCUT2D eigenvalue weighted by atomic mass is 9.85. The predicted molar refractivity (Wildman–Crippen MR) is 73.4 cm³/mol. The molecule has 0 unspecified atom stereocenters. The molecule has 1 aliphatic rings. The quantitative estimate of drug-likeness (QED) is 0.790. The SMILES string of the molecule is CCc1ccc(N(C)[C@H]2CCCC[C@@H]2C)nc1. The van der Waals surface area contributed by atoms with Gasteiger partial charge in [-0.2, -0.15) is 0 Å². The van der Waals surface area contributed by atoms with Crippen molar-refractivity contribution >= 4 is 5.82 Å². The predicted octanol–water partition coefficient (Wildman–Crippen LogP) is 3.66. The molecule has 2 heteroatoms. The molecule has 1 heterocycles. The highest BCUT2D eigenvalue weighted by atomic mass is 15.2. The van der Waals surface area contributed by atoms with E-state index in [0.717, 1.165) is 18.2 Å². The lowest BCUT2D eigenvalue weighted by Crippen LogP contribution is -2.39. The summed E-state index contributed by atoms with van der Waals surface area (Å²) in [6.07, 6.45) is 8.52. The molecule has 1 aliphatic carbocycles. The van der Waals surface area contributed by atoms with Crippen molar-refractivity contribution in [3.8, 4) is 0 Å². The molecule has 0 aliphatic heterocycles. The Morgan fingerprint density at radius 2 is 2.06 bits per heavy atom. The Balaban J connectivity index is 2.09. The van der Waals surface area contributed by atoms with Crippen LogP contribution < -0.4 is 4.90 Å². The van der Waals surface area contributed by atoms with Gasteiger partial charge >= 0.3 is 0 Å². The number of rotatable bonds is 3. The summed E-state index contributed by atoms with van der Waals surface area (Å²) in [5.41, 5.74) is 1.32. The minimum atomic E-state index is 0.670. The van der Waals surface area contributed by atoms with Crippen molar-refractivity contribution in [3.05, 3.63) is 23.9 Å². The Labute approximate surface area is 105 Å². The van der Waals surface area contributed by atoms with E-state index >= 15 is 0 Å². The standard InChI is InChI=1S/C15H24N2/c1-4-13-9-10-15(16-11-13)17(3)14-8-6-5-7-12(14)2/h9-12,14H,4-8H2,1-3H3/t12-,14-/m0/s1. The van der Waals surface area contributed by atoms with Crippen molar-refractivity contribution in [2.75, 3.05) is 11.9 Å². The molecule has 1 aromatic heterocycles. The maximum absolute atomic E-state index is 4.59.